The van der Waals surface area contributed by atoms with E-state index in [1.807, 2.05) is 12.3 Å². The van der Waals surface area contributed by atoms with Crippen molar-refractivity contribution >= 4 is 5.82 Å². The highest BCUT2D eigenvalue weighted by atomic mass is 15.2. The van der Waals surface area contributed by atoms with Gasteiger partial charge in [-0.3, -0.25) is 0 Å². The summed E-state index contributed by atoms with van der Waals surface area (Å²) in [4.78, 5) is 7.13. The summed E-state index contributed by atoms with van der Waals surface area (Å²) >= 11 is 0. The molecule has 1 saturated heterocycles. The highest BCUT2D eigenvalue weighted by Gasteiger charge is 2.32. The molecule has 2 heterocycles. The van der Waals surface area contributed by atoms with Crippen LogP contribution in [0.3, 0.4) is 0 Å². The Morgan fingerprint density at radius 1 is 1.24 bits per heavy atom. The summed E-state index contributed by atoms with van der Waals surface area (Å²) in [7, 11) is 0. The second kappa shape index (κ2) is 7.26. The molecule has 1 fully saturated rings. The summed E-state index contributed by atoms with van der Waals surface area (Å²) in [6.07, 6.45) is 9.04. The number of anilines is 1. The molecular formula is C18H31N3. The minimum atomic E-state index is 0.239. The van der Waals surface area contributed by atoms with E-state index < -0.39 is 0 Å². The monoisotopic (exact) mass is 289 g/mol. The zero-order chi connectivity index (χ0) is 15.3. The van der Waals surface area contributed by atoms with Gasteiger partial charge in [-0.15, -0.1) is 0 Å². The van der Waals surface area contributed by atoms with E-state index in [1.54, 1.807) is 0 Å². The molecule has 0 spiro atoms. The predicted octanol–water partition coefficient (Wildman–Crippen LogP) is 3.77. The molecule has 118 valence electrons. The van der Waals surface area contributed by atoms with Gasteiger partial charge in [-0.1, -0.05) is 39.7 Å². The first-order chi connectivity index (χ1) is 10.1. The van der Waals surface area contributed by atoms with Gasteiger partial charge in [0, 0.05) is 25.3 Å². The minimum absolute atomic E-state index is 0.239. The minimum Gasteiger partial charge on any atom is -0.356 e. The highest BCUT2D eigenvalue weighted by molar-refractivity contribution is 5.47. The molecule has 3 nitrogen and oxygen atoms in total. The third-order valence-electron chi connectivity index (χ3n) is 5.50. The number of rotatable bonds is 6. The average Bonchev–Trinajstić information content (AvgIpc) is 2.55. The van der Waals surface area contributed by atoms with Crippen molar-refractivity contribution in [2.45, 2.75) is 65.3 Å². The summed E-state index contributed by atoms with van der Waals surface area (Å²) in [5, 5.41) is 0. The molecule has 2 N–H and O–H groups in total. The van der Waals surface area contributed by atoms with Gasteiger partial charge >= 0.3 is 0 Å². The molecule has 1 aromatic rings. The van der Waals surface area contributed by atoms with Crippen molar-refractivity contribution in [2.24, 2.45) is 11.1 Å². The van der Waals surface area contributed by atoms with Crippen LogP contribution in [0.4, 0.5) is 5.82 Å². The first-order valence-electron chi connectivity index (χ1n) is 8.58. The van der Waals surface area contributed by atoms with E-state index in [2.05, 4.69) is 36.7 Å². The Balaban J connectivity index is 2.10. The molecule has 0 saturated carbocycles. The van der Waals surface area contributed by atoms with Crippen molar-refractivity contribution in [3.63, 3.8) is 0 Å². The Hall–Kier alpha value is -1.09. The molecule has 0 aromatic carbocycles. The van der Waals surface area contributed by atoms with Gasteiger partial charge in [0.2, 0.25) is 0 Å². The molecule has 0 aliphatic carbocycles. The maximum Gasteiger partial charge on any atom is 0.131 e. The van der Waals surface area contributed by atoms with Crippen LogP contribution in [0.2, 0.25) is 0 Å². The molecule has 0 radical (unpaired) electrons. The average molecular weight is 289 g/mol. The van der Waals surface area contributed by atoms with Crippen LogP contribution in [-0.2, 0) is 6.42 Å². The molecule has 1 aromatic heterocycles. The molecule has 1 unspecified atom stereocenters. The predicted molar refractivity (Wildman–Crippen MR) is 90.7 cm³/mol. The fourth-order valence-corrected chi connectivity index (χ4v) is 3.45. The standard InChI is InChI=1S/C18H31N3/c1-4-16(19)14-15-8-7-11-20-17(15)21-12-9-18(5-2,6-3)10-13-21/h7-8,11,16H,4-6,9-10,12-14,19H2,1-3H3. The number of nitrogens with zero attached hydrogens (tertiary/aromatic N) is 2. The first kappa shape index (κ1) is 16.3. The van der Waals surface area contributed by atoms with E-state index in [9.17, 15) is 0 Å². The van der Waals surface area contributed by atoms with Gasteiger partial charge < -0.3 is 10.6 Å². The van der Waals surface area contributed by atoms with Gasteiger partial charge in [0.1, 0.15) is 5.82 Å². The molecule has 21 heavy (non-hydrogen) atoms. The van der Waals surface area contributed by atoms with Crippen molar-refractivity contribution in [2.75, 3.05) is 18.0 Å². The SMILES string of the molecule is CCC(N)Cc1cccnc1N1CCC(CC)(CC)CC1. The molecule has 3 heteroatoms. The van der Waals surface area contributed by atoms with Gasteiger partial charge in [-0.25, -0.2) is 4.98 Å². The second-order valence-electron chi connectivity index (χ2n) is 6.55. The molecule has 0 bridgehead atoms. The van der Waals surface area contributed by atoms with Gasteiger partial charge in [0.05, 0.1) is 0 Å². The van der Waals surface area contributed by atoms with Crippen LogP contribution >= 0.6 is 0 Å². The second-order valence-corrected chi connectivity index (χ2v) is 6.55. The third-order valence-corrected chi connectivity index (χ3v) is 5.50. The van der Waals surface area contributed by atoms with Gasteiger partial charge in [0.15, 0.2) is 0 Å². The molecule has 1 aliphatic heterocycles. The smallest absolute Gasteiger partial charge is 0.131 e. The topological polar surface area (TPSA) is 42.1 Å². The largest absolute Gasteiger partial charge is 0.356 e. The Labute approximate surface area is 129 Å². The molecule has 1 aliphatic rings. The Morgan fingerprint density at radius 2 is 1.90 bits per heavy atom. The zero-order valence-electron chi connectivity index (χ0n) is 13.9. The van der Waals surface area contributed by atoms with E-state index in [4.69, 9.17) is 5.73 Å². The van der Waals surface area contributed by atoms with Crippen LogP contribution in [-0.4, -0.2) is 24.1 Å². The van der Waals surface area contributed by atoms with Gasteiger partial charge in [-0.05, 0) is 42.7 Å². The molecule has 1 atom stereocenters. The van der Waals surface area contributed by atoms with Crippen LogP contribution in [0.25, 0.3) is 0 Å². The number of nitrogens with two attached hydrogens (primary N) is 1. The molecule has 0 amide bonds. The number of piperidine rings is 1. The van der Waals surface area contributed by atoms with E-state index in [0.29, 0.717) is 5.41 Å². The summed E-state index contributed by atoms with van der Waals surface area (Å²) in [5.41, 5.74) is 8.02. The van der Waals surface area contributed by atoms with E-state index >= 15 is 0 Å². The van der Waals surface area contributed by atoms with Gasteiger partial charge in [-0.2, -0.15) is 0 Å². The normalized spacial score (nSPS) is 19.5. The maximum absolute atomic E-state index is 6.14. The van der Waals surface area contributed by atoms with Crippen LogP contribution in [0.1, 0.15) is 58.4 Å². The molecule has 2 rings (SSSR count). The van der Waals surface area contributed by atoms with E-state index in [1.165, 1.54) is 37.1 Å². The summed E-state index contributed by atoms with van der Waals surface area (Å²) in [6.45, 7) is 9.09. The zero-order valence-corrected chi connectivity index (χ0v) is 13.9. The van der Waals surface area contributed by atoms with Crippen molar-refractivity contribution in [3.8, 4) is 0 Å². The fourth-order valence-electron chi connectivity index (χ4n) is 3.45. The summed E-state index contributed by atoms with van der Waals surface area (Å²) < 4.78 is 0. The van der Waals surface area contributed by atoms with Crippen molar-refractivity contribution < 1.29 is 0 Å². The van der Waals surface area contributed by atoms with E-state index in [0.717, 1.165) is 25.9 Å². The first-order valence-corrected chi connectivity index (χ1v) is 8.58. The Kier molecular flexibility index (Phi) is 5.63. The van der Waals surface area contributed by atoms with Gasteiger partial charge in [0.25, 0.3) is 0 Å². The van der Waals surface area contributed by atoms with Crippen molar-refractivity contribution in [1.82, 2.24) is 4.98 Å². The Bertz CT molecular complexity index is 430. The Morgan fingerprint density at radius 3 is 2.48 bits per heavy atom. The van der Waals surface area contributed by atoms with Crippen molar-refractivity contribution in [1.29, 1.82) is 0 Å². The van der Waals surface area contributed by atoms with Crippen molar-refractivity contribution in [3.05, 3.63) is 23.9 Å². The third kappa shape index (κ3) is 3.76. The summed E-state index contributed by atoms with van der Waals surface area (Å²) in [6, 6.07) is 4.47. The summed E-state index contributed by atoms with van der Waals surface area (Å²) in [5.74, 6) is 1.17. The van der Waals surface area contributed by atoms with Crippen LogP contribution in [0.15, 0.2) is 18.3 Å². The quantitative estimate of drug-likeness (QED) is 0.867. The van der Waals surface area contributed by atoms with Crippen LogP contribution < -0.4 is 10.6 Å². The number of hydrogen-bond donors (Lipinski definition) is 1. The number of aromatic nitrogens is 1. The van der Waals surface area contributed by atoms with Crippen LogP contribution in [0.5, 0.6) is 0 Å². The lowest BCUT2D eigenvalue weighted by Crippen LogP contribution is -2.40. The number of pyridine rings is 1. The molecular weight excluding hydrogens is 258 g/mol. The maximum atomic E-state index is 6.14. The lowest BCUT2D eigenvalue weighted by atomic mass is 9.74. The lowest BCUT2D eigenvalue weighted by molar-refractivity contribution is 0.199. The van der Waals surface area contributed by atoms with Crippen LogP contribution in [0, 0.1) is 5.41 Å². The van der Waals surface area contributed by atoms with E-state index in [-0.39, 0.29) is 6.04 Å². The lowest BCUT2D eigenvalue weighted by Gasteiger charge is -2.42. The highest BCUT2D eigenvalue weighted by Crippen LogP contribution is 2.39. The number of hydrogen-bond acceptors (Lipinski definition) is 3. The fraction of sp³-hybridized carbons (Fsp3) is 0.722.